The van der Waals surface area contributed by atoms with Gasteiger partial charge in [0.05, 0.1) is 5.69 Å². The van der Waals surface area contributed by atoms with E-state index in [0.717, 1.165) is 71.8 Å². The number of nitrogens with zero attached hydrogens (tertiary/aromatic N) is 4. The van der Waals surface area contributed by atoms with Crippen molar-refractivity contribution in [3.8, 4) is 11.3 Å². The summed E-state index contributed by atoms with van der Waals surface area (Å²) in [5.74, 6) is 0. The van der Waals surface area contributed by atoms with Gasteiger partial charge in [-0.15, -0.1) is 0 Å². The predicted molar refractivity (Wildman–Crippen MR) is 124 cm³/mol. The Labute approximate surface area is 181 Å². The van der Waals surface area contributed by atoms with Crippen molar-refractivity contribution in [2.24, 2.45) is 0 Å². The summed E-state index contributed by atoms with van der Waals surface area (Å²) in [5.41, 5.74) is 6.50. The van der Waals surface area contributed by atoms with Gasteiger partial charge in [0, 0.05) is 42.3 Å². The van der Waals surface area contributed by atoms with Crippen LogP contribution in [-0.2, 0) is 12.8 Å². The Morgan fingerprint density at radius 3 is 2.55 bits per heavy atom. The van der Waals surface area contributed by atoms with Crippen molar-refractivity contribution in [3.05, 3.63) is 82.0 Å². The molecule has 0 radical (unpaired) electrons. The highest BCUT2D eigenvalue weighted by Crippen LogP contribution is 2.34. The molecule has 3 aromatic heterocycles. The molecule has 0 bridgehead atoms. The minimum atomic E-state index is -0.00756. The molecule has 1 fully saturated rings. The summed E-state index contributed by atoms with van der Waals surface area (Å²) in [6.45, 7) is 3.94. The van der Waals surface area contributed by atoms with Gasteiger partial charge in [-0.25, -0.2) is 4.98 Å². The summed E-state index contributed by atoms with van der Waals surface area (Å²) in [5, 5.41) is 3.40. The number of aromatic amines is 1. The molecule has 0 saturated carbocycles. The molecule has 1 saturated heterocycles. The minimum absolute atomic E-state index is 0.00756. The van der Waals surface area contributed by atoms with Crippen LogP contribution in [-0.4, -0.2) is 32.7 Å². The van der Waals surface area contributed by atoms with E-state index in [1.807, 2.05) is 43.5 Å². The van der Waals surface area contributed by atoms with Crippen molar-refractivity contribution in [3.63, 3.8) is 0 Å². The number of hydrogen-bond donors (Lipinski definition) is 1. The lowest BCUT2D eigenvalue weighted by Gasteiger charge is -2.28. The lowest BCUT2D eigenvalue weighted by molar-refractivity contribution is 0.579. The third-order valence-electron chi connectivity index (χ3n) is 6.18. The maximum absolute atomic E-state index is 13.5. The highest BCUT2D eigenvalue weighted by molar-refractivity contribution is 5.86. The largest absolute Gasteiger partial charge is 0.367 e. The molecule has 158 valence electrons. The molecule has 4 aromatic rings. The Hall–Kier alpha value is -3.41. The van der Waals surface area contributed by atoms with Gasteiger partial charge in [-0.3, -0.25) is 14.9 Å². The molecule has 0 aliphatic carbocycles. The fraction of sp³-hybridized carbons (Fsp3) is 0.320. The van der Waals surface area contributed by atoms with Crippen LogP contribution >= 0.6 is 0 Å². The third kappa shape index (κ3) is 3.74. The summed E-state index contributed by atoms with van der Waals surface area (Å²) in [7, 11) is 0. The molecule has 31 heavy (non-hydrogen) atoms. The van der Waals surface area contributed by atoms with E-state index in [0.29, 0.717) is 6.42 Å². The van der Waals surface area contributed by atoms with E-state index in [9.17, 15) is 4.79 Å². The number of nitrogens with one attached hydrogen (secondary N) is 1. The molecule has 1 N–H and O–H groups in total. The number of benzene rings is 1. The average Bonchev–Trinajstić information content (AvgIpc) is 3.20. The van der Waals surface area contributed by atoms with Gasteiger partial charge in [0.15, 0.2) is 5.65 Å². The van der Waals surface area contributed by atoms with Crippen molar-refractivity contribution in [2.75, 3.05) is 18.0 Å². The summed E-state index contributed by atoms with van der Waals surface area (Å²) in [6, 6.07) is 14.2. The van der Waals surface area contributed by atoms with Gasteiger partial charge in [0.25, 0.3) is 5.56 Å². The van der Waals surface area contributed by atoms with Crippen molar-refractivity contribution in [1.29, 1.82) is 0 Å². The van der Waals surface area contributed by atoms with Gasteiger partial charge in [-0.1, -0.05) is 36.4 Å². The van der Waals surface area contributed by atoms with E-state index in [4.69, 9.17) is 4.98 Å². The van der Waals surface area contributed by atoms with Crippen LogP contribution < -0.4 is 10.5 Å². The van der Waals surface area contributed by atoms with Gasteiger partial charge in [-0.05, 0) is 50.7 Å². The first-order valence-corrected chi connectivity index (χ1v) is 11.1. The molecule has 1 aliphatic rings. The highest BCUT2D eigenvalue weighted by atomic mass is 16.1. The number of piperidine rings is 1. The minimum Gasteiger partial charge on any atom is -0.367 e. The van der Waals surface area contributed by atoms with Crippen LogP contribution in [0, 0.1) is 6.92 Å². The Kier molecular flexibility index (Phi) is 5.28. The van der Waals surface area contributed by atoms with Gasteiger partial charge < -0.3 is 4.90 Å². The van der Waals surface area contributed by atoms with Gasteiger partial charge in [-0.2, -0.15) is 4.52 Å². The zero-order chi connectivity index (χ0) is 21.2. The van der Waals surface area contributed by atoms with Crippen LogP contribution in [0.4, 0.5) is 5.69 Å². The van der Waals surface area contributed by atoms with E-state index in [1.54, 1.807) is 10.7 Å². The Morgan fingerprint density at radius 2 is 1.81 bits per heavy atom. The molecule has 0 amide bonds. The van der Waals surface area contributed by atoms with Crippen molar-refractivity contribution < 1.29 is 0 Å². The van der Waals surface area contributed by atoms with Crippen molar-refractivity contribution in [1.82, 2.24) is 19.6 Å². The molecule has 0 unspecified atom stereocenters. The second-order valence-corrected chi connectivity index (χ2v) is 8.25. The van der Waals surface area contributed by atoms with E-state index in [1.165, 1.54) is 6.42 Å². The van der Waals surface area contributed by atoms with E-state index in [2.05, 4.69) is 27.1 Å². The zero-order valence-electron chi connectivity index (χ0n) is 17.8. The normalized spacial score (nSPS) is 14.3. The van der Waals surface area contributed by atoms with Gasteiger partial charge in [0.1, 0.15) is 5.69 Å². The fourth-order valence-electron chi connectivity index (χ4n) is 4.53. The molecule has 1 aromatic carbocycles. The number of rotatable bonds is 5. The number of aromatic nitrogens is 4. The number of fused-ring (bicyclic) bond motifs is 1. The van der Waals surface area contributed by atoms with E-state index in [-0.39, 0.29) is 5.56 Å². The number of hydrogen-bond acceptors (Lipinski definition) is 4. The third-order valence-corrected chi connectivity index (χ3v) is 6.18. The second-order valence-electron chi connectivity index (χ2n) is 8.25. The molecular weight excluding hydrogens is 386 g/mol. The van der Waals surface area contributed by atoms with Gasteiger partial charge >= 0.3 is 0 Å². The standard InChI is InChI=1S/C25H27N5O/c1-18-21(13-12-19-9-8-14-26-17-19)25(31)30-24(27-18)23(29-15-6-3-7-16-29)22(28-30)20-10-4-2-5-11-20/h2,4-5,8-11,14,17,28H,3,6-7,12-13,15-16H2,1H3. The number of pyridine rings is 1. The number of aryl methyl sites for hydroxylation is 2. The first-order chi connectivity index (χ1) is 15.2. The topological polar surface area (TPSA) is 66.3 Å². The molecule has 4 heterocycles. The Morgan fingerprint density at radius 1 is 1.00 bits per heavy atom. The predicted octanol–water partition coefficient (Wildman–Crippen LogP) is 4.17. The second kappa shape index (κ2) is 8.38. The monoisotopic (exact) mass is 413 g/mol. The molecule has 0 spiro atoms. The quantitative estimate of drug-likeness (QED) is 0.533. The van der Waals surface area contributed by atoms with Crippen molar-refractivity contribution in [2.45, 2.75) is 39.0 Å². The zero-order valence-corrected chi connectivity index (χ0v) is 17.8. The summed E-state index contributed by atoms with van der Waals surface area (Å²) in [6.07, 6.45) is 8.62. The lowest BCUT2D eigenvalue weighted by atomic mass is 10.1. The average molecular weight is 414 g/mol. The maximum Gasteiger partial charge on any atom is 0.276 e. The van der Waals surface area contributed by atoms with Crippen LogP contribution in [0.15, 0.2) is 59.7 Å². The van der Waals surface area contributed by atoms with Crippen LogP contribution in [0.1, 0.15) is 36.1 Å². The van der Waals surface area contributed by atoms with E-state index < -0.39 is 0 Å². The smallest absolute Gasteiger partial charge is 0.276 e. The van der Waals surface area contributed by atoms with Crippen LogP contribution in [0.3, 0.4) is 0 Å². The van der Waals surface area contributed by atoms with Crippen LogP contribution in [0.5, 0.6) is 0 Å². The van der Waals surface area contributed by atoms with E-state index >= 15 is 0 Å². The molecule has 0 atom stereocenters. The number of anilines is 1. The Balaban J connectivity index is 1.63. The van der Waals surface area contributed by atoms with Crippen molar-refractivity contribution >= 4 is 11.3 Å². The SMILES string of the molecule is Cc1nc2c(N3CCCCC3)c(-c3ccccc3)[nH]n2c(=O)c1CCc1cccnc1. The summed E-state index contributed by atoms with van der Waals surface area (Å²) in [4.78, 5) is 25.0. The molecule has 5 rings (SSSR count). The summed E-state index contributed by atoms with van der Waals surface area (Å²) < 4.78 is 1.65. The maximum atomic E-state index is 13.5. The molecular formula is C25H27N5O. The number of H-pyrrole nitrogens is 1. The highest BCUT2D eigenvalue weighted by Gasteiger charge is 2.24. The van der Waals surface area contributed by atoms with Crippen LogP contribution in [0.2, 0.25) is 0 Å². The first kappa shape index (κ1) is 19.5. The van der Waals surface area contributed by atoms with Gasteiger partial charge in [0.2, 0.25) is 0 Å². The molecule has 1 aliphatic heterocycles. The fourth-order valence-corrected chi connectivity index (χ4v) is 4.53. The molecule has 6 nitrogen and oxygen atoms in total. The van der Waals surface area contributed by atoms with Crippen LogP contribution in [0.25, 0.3) is 16.9 Å². The molecule has 6 heteroatoms. The Bertz CT molecular complexity index is 1240. The lowest BCUT2D eigenvalue weighted by Crippen LogP contribution is -2.30. The first-order valence-electron chi connectivity index (χ1n) is 11.1. The summed E-state index contributed by atoms with van der Waals surface area (Å²) >= 11 is 0.